The van der Waals surface area contributed by atoms with Crippen LogP contribution in [-0.4, -0.2) is 37.6 Å². The summed E-state index contributed by atoms with van der Waals surface area (Å²) in [5, 5.41) is 3.48. The van der Waals surface area contributed by atoms with E-state index in [2.05, 4.69) is 17.1 Å². The highest BCUT2D eigenvalue weighted by Crippen LogP contribution is 2.50. The summed E-state index contributed by atoms with van der Waals surface area (Å²) in [4.78, 5) is 2.80. The van der Waals surface area contributed by atoms with Crippen LogP contribution in [0.15, 0.2) is 0 Å². The Morgan fingerprint density at radius 1 is 1.17 bits per heavy atom. The van der Waals surface area contributed by atoms with Crippen molar-refractivity contribution in [2.75, 3.05) is 32.7 Å². The third-order valence-corrected chi connectivity index (χ3v) is 5.79. The molecule has 3 heteroatoms. The molecule has 3 rings (SSSR count). The Hall–Kier alpha value is 0.210. The average Bonchev–Trinajstić information content (AvgIpc) is 2.31. The molecule has 2 heterocycles. The molecule has 0 aromatic heterocycles. The van der Waals surface area contributed by atoms with E-state index in [1.165, 1.54) is 71.2 Å². The molecule has 0 amide bonds. The second kappa shape index (κ2) is 6.11. The molecule has 1 spiro atoms. The molecule has 2 saturated heterocycles. The number of hydrogen-bond acceptors (Lipinski definition) is 2. The third-order valence-electron chi connectivity index (χ3n) is 5.79. The van der Waals surface area contributed by atoms with Crippen molar-refractivity contribution in [2.45, 2.75) is 45.4 Å². The van der Waals surface area contributed by atoms with E-state index in [-0.39, 0.29) is 12.4 Å². The maximum atomic E-state index is 3.48. The highest BCUT2D eigenvalue weighted by molar-refractivity contribution is 5.85. The summed E-state index contributed by atoms with van der Waals surface area (Å²) < 4.78 is 0. The average molecular weight is 273 g/mol. The fourth-order valence-electron chi connectivity index (χ4n) is 4.23. The van der Waals surface area contributed by atoms with Gasteiger partial charge in [-0.1, -0.05) is 13.3 Å². The Balaban J connectivity index is 0.00000120. The van der Waals surface area contributed by atoms with Crippen molar-refractivity contribution in [2.24, 2.45) is 17.3 Å². The lowest BCUT2D eigenvalue weighted by molar-refractivity contribution is -0.0341. The molecule has 18 heavy (non-hydrogen) atoms. The maximum Gasteiger partial charge on any atom is 0.00406 e. The number of likely N-dealkylation sites (tertiary alicyclic amines) is 1. The summed E-state index contributed by atoms with van der Waals surface area (Å²) in [6, 6.07) is 0. The van der Waals surface area contributed by atoms with E-state index in [0.717, 1.165) is 17.3 Å². The van der Waals surface area contributed by atoms with Gasteiger partial charge in [0.1, 0.15) is 0 Å². The predicted molar refractivity (Wildman–Crippen MR) is 79.3 cm³/mol. The number of rotatable bonds is 2. The Morgan fingerprint density at radius 3 is 2.50 bits per heavy atom. The van der Waals surface area contributed by atoms with E-state index in [9.17, 15) is 0 Å². The lowest BCUT2D eigenvalue weighted by atomic mass is 9.59. The Labute approximate surface area is 118 Å². The SMILES string of the molecule is CC1CCN(CC2CCNCC2)CC12CCC2.Cl. The maximum absolute atomic E-state index is 3.48. The fraction of sp³-hybridized carbons (Fsp3) is 1.00. The van der Waals surface area contributed by atoms with Crippen LogP contribution >= 0.6 is 12.4 Å². The molecule has 0 aromatic rings. The van der Waals surface area contributed by atoms with Gasteiger partial charge in [0.2, 0.25) is 0 Å². The van der Waals surface area contributed by atoms with E-state index in [4.69, 9.17) is 0 Å². The van der Waals surface area contributed by atoms with Crippen LogP contribution in [0.4, 0.5) is 0 Å². The lowest BCUT2D eigenvalue weighted by Gasteiger charge is -2.53. The van der Waals surface area contributed by atoms with Crippen molar-refractivity contribution in [1.29, 1.82) is 0 Å². The number of halogens is 1. The van der Waals surface area contributed by atoms with Gasteiger partial charge in [0.05, 0.1) is 0 Å². The largest absolute Gasteiger partial charge is 0.317 e. The van der Waals surface area contributed by atoms with Gasteiger partial charge in [-0.2, -0.15) is 0 Å². The molecule has 1 unspecified atom stereocenters. The van der Waals surface area contributed by atoms with Gasteiger partial charge in [0, 0.05) is 13.1 Å². The molecule has 2 nitrogen and oxygen atoms in total. The molecule has 3 aliphatic rings. The predicted octanol–water partition coefficient (Wildman–Crippen LogP) is 2.92. The second-order valence-corrected chi connectivity index (χ2v) is 6.83. The first-order valence-corrected chi connectivity index (χ1v) is 7.72. The highest BCUT2D eigenvalue weighted by atomic mass is 35.5. The van der Waals surface area contributed by atoms with Crippen molar-refractivity contribution >= 4 is 12.4 Å². The first-order chi connectivity index (χ1) is 8.28. The van der Waals surface area contributed by atoms with Gasteiger partial charge in [0.15, 0.2) is 0 Å². The molecule has 1 saturated carbocycles. The van der Waals surface area contributed by atoms with E-state index >= 15 is 0 Å². The lowest BCUT2D eigenvalue weighted by Crippen LogP contribution is -2.52. The van der Waals surface area contributed by atoms with Crippen molar-refractivity contribution < 1.29 is 0 Å². The first kappa shape index (κ1) is 14.6. The summed E-state index contributed by atoms with van der Waals surface area (Å²) in [5.74, 6) is 1.96. The van der Waals surface area contributed by atoms with Crippen LogP contribution in [0.25, 0.3) is 0 Å². The molecule has 0 aromatic carbocycles. The number of nitrogens with zero attached hydrogens (tertiary/aromatic N) is 1. The molecule has 1 aliphatic carbocycles. The van der Waals surface area contributed by atoms with Gasteiger partial charge in [-0.3, -0.25) is 0 Å². The van der Waals surface area contributed by atoms with Gasteiger partial charge in [-0.25, -0.2) is 0 Å². The molecule has 2 aliphatic heterocycles. The molecule has 1 N–H and O–H groups in total. The molecular weight excluding hydrogens is 244 g/mol. The third kappa shape index (κ3) is 2.86. The Morgan fingerprint density at radius 2 is 1.89 bits per heavy atom. The van der Waals surface area contributed by atoms with Crippen LogP contribution in [0, 0.1) is 17.3 Å². The van der Waals surface area contributed by atoms with Gasteiger partial charge >= 0.3 is 0 Å². The zero-order chi connectivity index (χ0) is 11.7. The quantitative estimate of drug-likeness (QED) is 0.832. The van der Waals surface area contributed by atoms with Gasteiger partial charge < -0.3 is 10.2 Å². The summed E-state index contributed by atoms with van der Waals surface area (Å²) in [6.07, 6.45) is 8.77. The number of piperidine rings is 2. The highest BCUT2D eigenvalue weighted by Gasteiger charge is 2.45. The van der Waals surface area contributed by atoms with Crippen LogP contribution in [-0.2, 0) is 0 Å². The van der Waals surface area contributed by atoms with E-state index in [1.54, 1.807) is 0 Å². The molecule has 1 atom stereocenters. The summed E-state index contributed by atoms with van der Waals surface area (Å²) in [6.45, 7) is 9.17. The van der Waals surface area contributed by atoms with Crippen LogP contribution in [0.5, 0.6) is 0 Å². The van der Waals surface area contributed by atoms with Crippen molar-refractivity contribution in [3.8, 4) is 0 Å². The zero-order valence-corrected chi connectivity index (χ0v) is 12.6. The van der Waals surface area contributed by atoms with Crippen LogP contribution in [0.1, 0.15) is 45.4 Å². The summed E-state index contributed by atoms with van der Waals surface area (Å²) in [7, 11) is 0. The fourth-order valence-corrected chi connectivity index (χ4v) is 4.23. The second-order valence-electron chi connectivity index (χ2n) is 6.83. The Kier molecular flexibility index (Phi) is 4.96. The molecule has 3 fully saturated rings. The van der Waals surface area contributed by atoms with E-state index in [0.29, 0.717) is 0 Å². The minimum Gasteiger partial charge on any atom is -0.317 e. The van der Waals surface area contributed by atoms with Gasteiger partial charge in [0.25, 0.3) is 0 Å². The molecular formula is C15H29ClN2. The standard InChI is InChI=1S/C15H28N2.ClH/c1-13-5-10-17(12-15(13)6-2-7-15)11-14-3-8-16-9-4-14;/h13-14,16H,2-12H2,1H3;1H. The number of hydrogen-bond donors (Lipinski definition) is 1. The van der Waals surface area contributed by atoms with Gasteiger partial charge in [-0.15, -0.1) is 12.4 Å². The minimum atomic E-state index is 0. The van der Waals surface area contributed by atoms with Crippen LogP contribution < -0.4 is 5.32 Å². The van der Waals surface area contributed by atoms with E-state index < -0.39 is 0 Å². The van der Waals surface area contributed by atoms with Crippen molar-refractivity contribution in [3.05, 3.63) is 0 Å². The minimum absolute atomic E-state index is 0. The summed E-state index contributed by atoms with van der Waals surface area (Å²) in [5.41, 5.74) is 0.741. The van der Waals surface area contributed by atoms with Crippen molar-refractivity contribution in [1.82, 2.24) is 10.2 Å². The Bertz CT molecular complexity index is 259. The van der Waals surface area contributed by atoms with Crippen molar-refractivity contribution in [3.63, 3.8) is 0 Å². The number of nitrogens with one attached hydrogen (secondary N) is 1. The molecule has 0 radical (unpaired) electrons. The molecule has 106 valence electrons. The topological polar surface area (TPSA) is 15.3 Å². The van der Waals surface area contributed by atoms with Crippen LogP contribution in [0.3, 0.4) is 0 Å². The monoisotopic (exact) mass is 272 g/mol. The zero-order valence-electron chi connectivity index (χ0n) is 11.8. The van der Waals surface area contributed by atoms with E-state index in [1.807, 2.05) is 0 Å². The first-order valence-electron chi connectivity index (χ1n) is 7.72. The van der Waals surface area contributed by atoms with Crippen LogP contribution in [0.2, 0.25) is 0 Å². The normalized spacial score (nSPS) is 32.8. The molecule has 0 bridgehead atoms. The summed E-state index contributed by atoms with van der Waals surface area (Å²) >= 11 is 0. The smallest absolute Gasteiger partial charge is 0.00406 e. The van der Waals surface area contributed by atoms with Gasteiger partial charge in [-0.05, 0) is 69.0 Å².